The lowest BCUT2D eigenvalue weighted by atomic mass is 10.2. The van der Waals surface area contributed by atoms with Crippen molar-refractivity contribution in [2.45, 2.75) is 20.0 Å². The van der Waals surface area contributed by atoms with E-state index in [9.17, 15) is 13.2 Å². The smallest absolute Gasteiger partial charge is 0.337 e. The zero-order valence-electron chi connectivity index (χ0n) is 11.0. The van der Waals surface area contributed by atoms with E-state index in [0.717, 1.165) is 23.3 Å². The van der Waals surface area contributed by atoms with Gasteiger partial charge in [-0.1, -0.05) is 0 Å². The Bertz CT molecular complexity index is 649. The molecule has 0 spiro atoms. The molecule has 0 unspecified atom stereocenters. The normalized spacial score (nSPS) is 11.8. The largest absolute Gasteiger partial charge is 0.418 e. The van der Waals surface area contributed by atoms with Crippen LogP contribution in [-0.4, -0.2) is 14.8 Å². The Morgan fingerprint density at radius 2 is 1.95 bits per heavy atom. The first-order valence-electron chi connectivity index (χ1n) is 5.70. The van der Waals surface area contributed by atoms with Gasteiger partial charge in [0.15, 0.2) is 0 Å². The van der Waals surface area contributed by atoms with Gasteiger partial charge in [-0.3, -0.25) is 4.68 Å². The lowest BCUT2D eigenvalue weighted by Crippen LogP contribution is -2.09. The van der Waals surface area contributed by atoms with E-state index in [1.54, 1.807) is 34.3 Å². The van der Waals surface area contributed by atoms with Crippen molar-refractivity contribution in [1.82, 2.24) is 14.8 Å². The molecule has 1 N–H and O–H groups in total. The predicted molar refractivity (Wildman–Crippen MR) is 77.9 cm³/mol. The predicted octanol–water partition coefficient (Wildman–Crippen LogP) is 3.80. The molecule has 0 amide bonds. The number of halogens is 4. The molecule has 4 nitrogen and oxygen atoms in total. The number of aromatic nitrogens is 3. The zero-order valence-corrected chi connectivity index (χ0v) is 13.2. The van der Waals surface area contributed by atoms with Crippen LogP contribution >= 0.6 is 22.6 Å². The molecule has 0 atom stereocenters. The standard InChI is InChI=1S/C12H12F3IN4/c1-6-11(7(2)20(3)19-6)18-10-4-9(16)8(5-17-10)12(13,14)15/h4-5H,1-3H3,(H,17,18). The molecule has 0 aliphatic heterocycles. The van der Waals surface area contributed by atoms with Gasteiger partial charge in [-0.2, -0.15) is 18.3 Å². The van der Waals surface area contributed by atoms with Crippen molar-refractivity contribution in [3.05, 3.63) is 32.8 Å². The molecule has 0 aromatic carbocycles. The molecule has 0 radical (unpaired) electrons. The summed E-state index contributed by atoms with van der Waals surface area (Å²) in [6.07, 6.45) is -3.55. The summed E-state index contributed by atoms with van der Waals surface area (Å²) >= 11 is 1.66. The van der Waals surface area contributed by atoms with E-state index in [0.29, 0.717) is 5.82 Å². The van der Waals surface area contributed by atoms with E-state index < -0.39 is 11.7 Å². The molecule has 0 fully saturated rings. The minimum absolute atomic E-state index is 0.104. The van der Waals surface area contributed by atoms with E-state index in [4.69, 9.17) is 0 Å². The van der Waals surface area contributed by atoms with Gasteiger partial charge in [-0.05, 0) is 42.5 Å². The van der Waals surface area contributed by atoms with Gasteiger partial charge >= 0.3 is 6.18 Å². The lowest BCUT2D eigenvalue weighted by Gasteiger charge is -2.11. The molecule has 0 saturated carbocycles. The van der Waals surface area contributed by atoms with Gasteiger partial charge in [0.2, 0.25) is 0 Å². The molecule has 2 aromatic heterocycles. The van der Waals surface area contributed by atoms with Gasteiger partial charge < -0.3 is 5.32 Å². The van der Waals surface area contributed by atoms with Crippen LogP contribution in [0.1, 0.15) is 17.0 Å². The summed E-state index contributed by atoms with van der Waals surface area (Å²) < 4.78 is 39.8. The van der Waals surface area contributed by atoms with Crippen LogP contribution in [0.5, 0.6) is 0 Å². The first-order chi connectivity index (χ1) is 9.20. The van der Waals surface area contributed by atoms with E-state index in [1.165, 1.54) is 6.07 Å². The van der Waals surface area contributed by atoms with Crippen molar-refractivity contribution in [2.75, 3.05) is 5.32 Å². The van der Waals surface area contributed by atoms with Gasteiger partial charge in [-0.15, -0.1) is 0 Å². The Balaban J connectivity index is 2.34. The first-order valence-corrected chi connectivity index (χ1v) is 6.78. The molecule has 2 heterocycles. The van der Waals surface area contributed by atoms with Gasteiger partial charge in [0.1, 0.15) is 5.82 Å². The van der Waals surface area contributed by atoms with Crippen LogP contribution in [0.25, 0.3) is 0 Å². The highest BCUT2D eigenvalue weighted by molar-refractivity contribution is 14.1. The van der Waals surface area contributed by atoms with Crippen LogP contribution in [0.4, 0.5) is 24.7 Å². The molecule has 2 aromatic rings. The number of nitrogens with zero attached hydrogens (tertiary/aromatic N) is 3. The van der Waals surface area contributed by atoms with Crippen molar-refractivity contribution in [1.29, 1.82) is 0 Å². The summed E-state index contributed by atoms with van der Waals surface area (Å²) in [4.78, 5) is 3.82. The van der Waals surface area contributed by atoms with Crippen molar-refractivity contribution in [3.63, 3.8) is 0 Å². The number of alkyl halides is 3. The number of hydrogen-bond acceptors (Lipinski definition) is 3. The second-order valence-corrected chi connectivity index (χ2v) is 5.50. The maximum absolute atomic E-state index is 12.7. The van der Waals surface area contributed by atoms with Gasteiger partial charge in [-0.25, -0.2) is 4.98 Å². The minimum atomic E-state index is -4.39. The Kier molecular flexibility index (Phi) is 3.94. The molecule has 0 aliphatic rings. The van der Waals surface area contributed by atoms with Gasteiger partial charge in [0.25, 0.3) is 0 Å². The number of pyridine rings is 1. The van der Waals surface area contributed by atoms with Crippen LogP contribution in [0, 0.1) is 17.4 Å². The van der Waals surface area contributed by atoms with Crippen molar-refractivity contribution < 1.29 is 13.2 Å². The number of rotatable bonds is 2. The Hall–Kier alpha value is -1.32. The fourth-order valence-electron chi connectivity index (χ4n) is 1.79. The number of nitrogens with one attached hydrogen (secondary N) is 1. The Morgan fingerprint density at radius 1 is 1.30 bits per heavy atom. The maximum atomic E-state index is 12.7. The quantitative estimate of drug-likeness (QED) is 0.786. The maximum Gasteiger partial charge on any atom is 0.418 e. The molecule has 108 valence electrons. The molecule has 0 saturated heterocycles. The SMILES string of the molecule is Cc1nn(C)c(C)c1Nc1cc(I)c(C(F)(F)F)cn1. The monoisotopic (exact) mass is 396 g/mol. The van der Waals surface area contributed by atoms with E-state index in [2.05, 4.69) is 15.4 Å². The van der Waals surface area contributed by atoms with Gasteiger partial charge in [0.05, 0.1) is 22.6 Å². The lowest BCUT2D eigenvalue weighted by molar-refractivity contribution is -0.138. The number of anilines is 2. The third kappa shape index (κ3) is 2.89. The van der Waals surface area contributed by atoms with Crippen LogP contribution < -0.4 is 5.32 Å². The second kappa shape index (κ2) is 5.23. The average molecular weight is 396 g/mol. The van der Waals surface area contributed by atoms with Crippen LogP contribution in [0.3, 0.4) is 0 Å². The van der Waals surface area contributed by atoms with E-state index in [-0.39, 0.29) is 3.57 Å². The van der Waals surface area contributed by atoms with E-state index >= 15 is 0 Å². The van der Waals surface area contributed by atoms with Crippen molar-refractivity contribution >= 4 is 34.1 Å². The number of aryl methyl sites for hydroxylation is 2. The van der Waals surface area contributed by atoms with Crippen LogP contribution in [0.15, 0.2) is 12.3 Å². The molecular formula is C12H12F3IN4. The Labute approximate surface area is 127 Å². The number of hydrogen-bond donors (Lipinski definition) is 1. The summed E-state index contributed by atoms with van der Waals surface area (Å²) in [5, 5.41) is 7.24. The summed E-state index contributed by atoms with van der Waals surface area (Å²) in [6, 6.07) is 1.37. The van der Waals surface area contributed by atoms with Crippen molar-refractivity contribution in [3.8, 4) is 0 Å². The first kappa shape index (κ1) is 15.1. The van der Waals surface area contributed by atoms with Crippen molar-refractivity contribution in [2.24, 2.45) is 7.05 Å². The molecular weight excluding hydrogens is 384 g/mol. The summed E-state index contributed by atoms with van der Waals surface area (Å²) in [7, 11) is 1.80. The fourth-order valence-corrected chi connectivity index (χ4v) is 2.53. The molecule has 0 bridgehead atoms. The fraction of sp³-hybridized carbons (Fsp3) is 0.333. The van der Waals surface area contributed by atoms with E-state index in [1.807, 2.05) is 13.8 Å². The molecule has 2 rings (SSSR count). The highest BCUT2D eigenvalue weighted by Gasteiger charge is 2.33. The van der Waals surface area contributed by atoms with Crippen LogP contribution in [-0.2, 0) is 13.2 Å². The second-order valence-electron chi connectivity index (χ2n) is 4.34. The molecule has 20 heavy (non-hydrogen) atoms. The summed E-state index contributed by atoms with van der Waals surface area (Å²) in [5.74, 6) is 0.363. The zero-order chi connectivity index (χ0) is 15.1. The molecule has 0 aliphatic carbocycles. The summed E-state index contributed by atoms with van der Waals surface area (Å²) in [5.41, 5.74) is 1.68. The van der Waals surface area contributed by atoms with Gasteiger partial charge in [0, 0.05) is 16.8 Å². The highest BCUT2D eigenvalue weighted by atomic mass is 127. The summed E-state index contributed by atoms with van der Waals surface area (Å²) in [6.45, 7) is 3.70. The Morgan fingerprint density at radius 3 is 2.40 bits per heavy atom. The highest BCUT2D eigenvalue weighted by Crippen LogP contribution is 2.33. The average Bonchev–Trinajstić information content (AvgIpc) is 2.54. The third-order valence-electron chi connectivity index (χ3n) is 2.92. The molecule has 8 heteroatoms. The topological polar surface area (TPSA) is 42.7 Å². The minimum Gasteiger partial charge on any atom is -0.337 e. The van der Waals surface area contributed by atoms with Crippen LogP contribution in [0.2, 0.25) is 0 Å². The third-order valence-corrected chi connectivity index (χ3v) is 3.81.